The minimum Gasteiger partial charge on any atom is -0.496 e. The Morgan fingerprint density at radius 1 is 1.27 bits per heavy atom. The number of hydrogen-bond donors (Lipinski definition) is 2. The van der Waals surface area contributed by atoms with Crippen LogP contribution >= 0.6 is 0 Å². The highest BCUT2D eigenvalue weighted by molar-refractivity contribution is 5.87. The summed E-state index contributed by atoms with van der Waals surface area (Å²) in [4.78, 5) is 19.7. The average Bonchev–Trinajstić information content (AvgIpc) is 2.54. The van der Waals surface area contributed by atoms with Gasteiger partial charge in [0, 0.05) is 19.7 Å². The molecule has 2 aromatic rings. The maximum atomic E-state index is 11.2. The van der Waals surface area contributed by atoms with E-state index in [-0.39, 0.29) is 11.5 Å². The molecule has 0 amide bonds. The molecular formula is C15H17N3O4. The van der Waals surface area contributed by atoms with Crippen molar-refractivity contribution >= 4 is 11.8 Å². The second kappa shape index (κ2) is 7.37. The lowest BCUT2D eigenvalue weighted by Gasteiger charge is -2.10. The van der Waals surface area contributed by atoms with Gasteiger partial charge < -0.3 is 19.9 Å². The quantitative estimate of drug-likeness (QED) is 0.754. The first-order valence-electron chi connectivity index (χ1n) is 6.64. The van der Waals surface area contributed by atoms with Gasteiger partial charge in [-0.3, -0.25) is 0 Å². The molecule has 0 aliphatic carbocycles. The molecule has 1 heterocycles. The number of aromatic carboxylic acids is 1. The number of rotatable bonds is 7. The molecule has 2 N–H and O–H groups in total. The molecule has 0 radical (unpaired) electrons. The highest BCUT2D eigenvalue weighted by Gasteiger charge is 2.14. The molecule has 0 fully saturated rings. The number of methoxy groups -OCH3 is 2. The maximum Gasteiger partial charge on any atom is 0.354 e. The van der Waals surface area contributed by atoms with Crippen LogP contribution in [-0.4, -0.2) is 48.4 Å². The van der Waals surface area contributed by atoms with E-state index in [1.54, 1.807) is 19.2 Å². The highest BCUT2D eigenvalue weighted by Crippen LogP contribution is 2.27. The summed E-state index contributed by atoms with van der Waals surface area (Å²) in [5.74, 6) is 0.170. The van der Waals surface area contributed by atoms with Crippen LogP contribution in [0.1, 0.15) is 10.5 Å². The van der Waals surface area contributed by atoms with E-state index in [0.717, 1.165) is 0 Å². The van der Waals surface area contributed by atoms with Crippen molar-refractivity contribution < 1.29 is 19.4 Å². The van der Waals surface area contributed by atoms with Crippen molar-refractivity contribution in [2.45, 2.75) is 0 Å². The number of nitrogens with zero attached hydrogens (tertiary/aromatic N) is 2. The fraction of sp³-hybridized carbons (Fsp3) is 0.267. The zero-order chi connectivity index (χ0) is 15.9. The second-order valence-corrected chi connectivity index (χ2v) is 4.39. The van der Waals surface area contributed by atoms with Gasteiger partial charge in [0.2, 0.25) is 0 Å². The van der Waals surface area contributed by atoms with Gasteiger partial charge in [0.1, 0.15) is 11.6 Å². The lowest BCUT2D eigenvalue weighted by atomic mass is 10.2. The van der Waals surface area contributed by atoms with E-state index in [4.69, 9.17) is 9.47 Å². The fourth-order valence-corrected chi connectivity index (χ4v) is 1.88. The van der Waals surface area contributed by atoms with Gasteiger partial charge in [0.15, 0.2) is 11.5 Å². The Kier molecular flexibility index (Phi) is 5.26. The topological polar surface area (TPSA) is 93.6 Å². The molecule has 1 aromatic carbocycles. The molecule has 22 heavy (non-hydrogen) atoms. The Labute approximate surface area is 127 Å². The van der Waals surface area contributed by atoms with Gasteiger partial charge in [-0.25, -0.2) is 14.8 Å². The van der Waals surface area contributed by atoms with Crippen molar-refractivity contribution in [2.24, 2.45) is 0 Å². The van der Waals surface area contributed by atoms with Crippen LogP contribution in [0.2, 0.25) is 0 Å². The summed E-state index contributed by atoms with van der Waals surface area (Å²) in [7, 11) is 3.13. The Balaban J connectivity index is 2.43. The fourth-order valence-electron chi connectivity index (χ4n) is 1.88. The van der Waals surface area contributed by atoms with E-state index in [1.807, 2.05) is 12.1 Å². The molecule has 0 bridgehead atoms. The van der Waals surface area contributed by atoms with Crippen molar-refractivity contribution in [2.75, 3.05) is 32.7 Å². The summed E-state index contributed by atoms with van der Waals surface area (Å²) in [5.41, 5.74) is 0.540. The smallest absolute Gasteiger partial charge is 0.354 e. The monoisotopic (exact) mass is 303 g/mol. The molecule has 0 saturated heterocycles. The molecule has 0 saturated carbocycles. The molecule has 7 nitrogen and oxygen atoms in total. The molecule has 2 rings (SSSR count). The largest absolute Gasteiger partial charge is 0.496 e. The molecule has 0 aliphatic heterocycles. The first-order chi connectivity index (χ1) is 10.7. The average molecular weight is 303 g/mol. The number of benzene rings is 1. The van der Waals surface area contributed by atoms with Crippen LogP contribution < -0.4 is 10.1 Å². The number of nitrogens with one attached hydrogen (secondary N) is 1. The number of carboxylic acids is 1. The van der Waals surface area contributed by atoms with Crippen LogP contribution in [0.4, 0.5) is 5.82 Å². The summed E-state index contributed by atoms with van der Waals surface area (Å²) in [5, 5.41) is 12.2. The number of anilines is 1. The lowest BCUT2D eigenvalue weighted by molar-refractivity contribution is 0.0690. The van der Waals surface area contributed by atoms with Crippen LogP contribution in [0.3, 0.4) is 0 Å². The summed E-state index contributed by atoms with van der Waals surface area (Å²) in [6.45, 7) is 0.994. The van der Waals surface area contributed by atoms with E-state index in [1.165, 1.54) is 13.2 Å². The second-order valence-electron chi connectivity index (χ2n) is 4.39. The van der Waals surface area contributed by atoms with E-state index >= 15 is 0 Å². The third kappa shape index (κ3) is 3.70. The van der Waals surface area contributed by atoms with E-state index in [9.17, 15) is 9.90 Å². The van der Waals surface area contributed by atoms with Crippen molar-refractivity contribution in [1.29, 1.82) is 0 Å². The number of aromatic nitrogens is 2. The number of para-hydroxylation sites is 1. The third-order valence-electron chi connectivity index (χ3n) is 2.91. The Morgan fingerprint density at radius 2 is 2.05 bits per heavy atom. The number of carboxylic acid groups (broad SMARTS) is 1. The first kappa shape index (κ1) is 15.7. The Bertz CT molecular complexity index is 661. The van der Waals surface area contributed by atoms with Gasteiger partial charge in [-0.2, -0.15) is 0 Å². The summed E-state index contributed by atoms with van der Waals surface area (Å²) in [6, 6.07) is 8.56. The van der Waals surface area contributed by atoms with Crippen molar-refractivity contribution in [1.82, 2.24) is 9.97 Å². The minimum absolute atomic E-state index is 0.0872. The molecule has 1 aromatic heterocycles. The molecule has 0 unspecified atom stereocenters. The van der Waals surface area contributed by atoms with Crippen molar-refractivity contribution in [3.63, 3.8) is 0 Å². The molecular weight excluding hydrogens is 286 g/mol. The third-order valence-corrected chi connectivity index (χ3v) is 2.91. The van der Waals surface area contributed by atoms with E-state index in [0.29, 0.717) is 30.3 Å². The maximum absolute atomic E-state index is 11.2. The Hall–Kier alpha value is -2.67. The molecule has 0 atom stereocenters. The normalized spacial score (nSPS) is 10.3. The van der Waals surface area contributed by atoms with Gasteiger partial charge in [0.05, 0.1) is 19.3 Å². The lowest BCUT2D eigenvalue weighted by Crippen LogP contribution is -2.12. The number of carbonyl (C=O) groups is 1. The predicted octanol–water partition coefficient (Wildman–Crippen LogP) is 1.91. The number of ether oxygens (including phenoxy) is 2. The standard InChI is InChI=1S/C15H17N3O4/c1-21-8-7-16-13-9-11(15(19)20)17-14(18-13)10-5-3-4-6-12(10)22-2/h3-6,9H,7-8H2,1-2H3,(H,19,20)(H,16,17,18). The van der Waals surface area contributed by atoms with Gasteiger partial charge in [-0.1, -0.05) is 12.1 Å². The first-order valence-corrected chi connectivity index (χ1v) is 6.64. The van der Waals surface area contributed by atoms with Crippen LogP contribution in [-0.2, 0) is 4.74 Å². The zero-order valence-corrected chi connectivity index (χ0v) is 12.4. The summed E-state index contributed by atoms with van der Waals surface area (Å²) in [6.07, 6.45) is 0. The molecule has 0 spiro atoms. The number of hydrogen-bond acceptors (Lipinski definition) is 6. The highest BCUT2D eigenvalue weighted by atomic mass is 16.5. The van der Waals surface area contributed by atoms with Crippen LogP contribution in [0, 0.1) is 0 Å². The van der Waals surface area contributed by atoms with Crippen molar-refractivity contribution in [3.8, 4) is 17.1 Å². The van der Waals surface area contributed by atoms with Gasteiger partial charge in [-0.05, 0) is 12.1 Å². The molecule has 7 heteroatoms. The SMILES string of the molecule is COCCNc1cc(C(=O)O)nc(-c2ccccc2OC)n1. The molecule has 0 aliphatic rings. The van der Waals surface area contributed by atoms with E-state index in [2.05, 4.69) is 15.3 Å². The van der Waals surface area contributed by atoms with Crippen molar-refractivity contribution in [3.05, 3.63) is 36.0 Å². The van der Waals surface area contributed by atoms with Crippen LogP contribution in [0.5, 0.6) is 5.75 Å². The minimum atomic E-state index is -1.12. The van der Waals surface area contributed by atoms with Crippen LogP contribution in [0.25, 0.3) is 11.4 Å². The van der Waals surface area contributed by atoms with E-state index < -0.39 is 5.97 Å². The Morgan fingerprint density at radius 3 is 2.73 bits per heavy atom. The zero-order valence-electron chi connectivity index (χ0n) is 12.4. The van der Waals surface area contributed by atoms with Crippen LogP contribution in [0.15, 0.2) is 30.3 Å². The molecule has 116 valence electrons. The van der Waals surface area contributed by atoms with Gasteiger partial charge >= 0.3 is 5.97 Å². The summed E-state index contributed by atoms with van der Waals surface area (Å²) >= 11 is 0. The predicted molar refractivity (Wildman–Crippen MR) is 81.3 cm³/mol. The summed E-state index contributed by atoms with van der Waals surface area (Å²) < 4.78 is 10.2. The van der Waals surface area contributed by atoms with Gasteiger partial charge in [0.25, 0.3) is 0 Å². The van der Waals surface area contributed by atoms with Gasteiger partial charge in [-0.15, -0.1) is 0 Å².